The molecule has 1 aliphatic rings. The molecule has 2 heterocycles. The van der Waals surface area contributed by atoms with Crippen LogP contribution in [0.4, 0.5) is 0 Å². The summed E-state index contributed by atoms with van der Waals surface area (Å²) in [5, 5.41) is 1.97. The Labute approximate surface area is 120 Å². The first-order valence-corrected chi connectivity index (χ1v) is 8.08. The van der Waals surface area contributed by atoms with Gasteiger partial charge in [0.2, 0.25) is 0 Å². The molecule has 1 saturated heterocycles. The highest BCUT2D eigenvalue weighted by molar-refractivity contribution is 7.12. The van der Waals surface area contributed by atoms with Crippen LogP contribution in [0, 0.1) is 0 Å². The molecule has 19 heavy (non-hydrogen) atoms. The zero-order valence-electron chi connectivity index (χ0n) is 12.0. The van der Waals surface area contributed by atoms with E-state index in [4.69, 9.17) is 0 Å². The minimum Gasteiger partial charge on any atom is -0.301 e. The summed E-state index contributed by atoms with van der Waals surface area (Å²) >= 11 is 1.55. The van der Waals surface area contributed by atoms with E-state index >= 15 is 0 Å². The molecule has 0 spiro atoms. The zero-order chi connectivity index (χ0) is 13.7. The smallest absolute Gasteiger partial charge is 0.172 e. The topological polar surface area (TPSA) is 23.6 Å². The molecular weight excluding hydrogens is 256 g/mol. The Hall–Kier alpha value is -0.710. The number of Topliss-reactive ketones (excluding diaryl/α,β-unsaturated/α-hetero) is 1. The van der Waals surface area contributed by atoms with Crippen LogP contribution in [0.5, 0.6) is 0 Å². The van der Waals surface area contributed by atoms with Gasteiger partial charge >= 0.3 is 0 Å². The Morgan fingerprint density at radius 2 is 2.05 bits per heavy atom. The number of carbonyl (C=O) groups is 1. The molecule has 0 unspecified atom stereocenters. The minimum atomic E-state index is 0.302. The Bertz CT molecular complexity index is 381. The lowest BCUT2D eigenvalue weighted by Crippen LogP contribution is -2.48. The fourth-order valence-electron chi connectivity index (χ4n) is 2.53. The number of ketones is 1. The molecule has 0 N–H and O–H groups in total. The van der Waals surface area contributed by atoms with Gasteiger partial charge in [0.1, 0.15) is 0 Å². The lowest BCUT2D eigenvalue weighted by atomic mass is 10.1. The molecule has 0 atom stereocenters. The standard InChI is InChI=1S/C15H24N2OS/c1-13(2)17-10-8-16(9-11-17)7-3-5-14(18)15-6-4-12-19-15/h4,6,12-13H,3,5,7-11H2,1-2H3. The Kier molecular flexibility index (Phi) is 5.55. The molecule has 3 nitrogen and oxygen atoms in total. The molecule has 0 radical (unpaired) electrons. The number of carbonyl (C=O) groups excluding carboxylic acids is 1. The van der Waals surface area contributed by atoms with E-state index in [1.54, 1.807) is 11.3 Å². The third-order valence-electron chi connectivity index (χ3n) is 3.81. The van der Waals surface area contributed by atoms with E-state index in [2.05, 4.69) is 23.6 Å². The predicted octanol–water partition coefficient (Wildman–Crippen LogP) is 2.74. The number of hydrogen-bond donors (Lipinski definition) is 0. The van der Waals surface area contributed by atoms with Crippen molar-refractivity contribution >= 4 is 17.1 Å². The van der Waals surface area contributed by atoms with E-state index in [1.807, 2.05) is 17.5 Å². The van der Waals surface area contributed by atoms with E-state index in [0.717, 1.165) is 44.0 Å². The molecule has 1 aromatic heterocycles. The van der Waals surface area contributed by atoms with Gasteiger partial charge in [0.25, 0.3) is 0 Å². The highest BCUT2D eigenvalue weighted by Crippen LogP contribution is 2.13. The Morgan fingerprint density at radius 1 is 1.32 bits per heavy atom. The summed E-state index contributed by atoms with van der Waals surface area (Å²) in [5.41, 5.74) is 0. The third kappa shape index (κ3) is 4.41. The van der Waals surface area contributed by atoms with Crippen LogP contribution >= 0.6 is 11.3 Å². The Morgan fingerprint density at radius 3 is 2.63 bits per heavy atom. The summed E-state index contributed by atoms with van der Waals surface area (Å²) < 4.78 is 0. The molecular formula is C15H24N2OS. The highest BCUT2D eigenvalue weighted by Gasteiger charge is 2.18. The molecule has 0 amide bonds. The minimum absolute atomic E-state index is 0.302. The van der Waals surface area contributed by atoms with Gasteiger partial charge in [-0.3, -0.25) is 9.69 Å². The van der Waals surface area contributed by atoms with E-state index in [9.17, 15) is 4.79 Å². The lowest BCUT2D eigenvalue weighted by Gasteiger charge is -2.36. The molecule has 106 valence electrons. The zero-order valence-corrected chi connectivity index (χ0v) is 12.8. The summed E-state index contributed by atoms with van der Waals surface area (Å²) in [6, 6.07) is 4.53. The summed E-state index contributed by atoms with van der Waals surface area (Å²) in [4.78, 5) is 17.8. The molecule has 1 aliphatic heterocycles. The van der Waals surface area contributed by atoms with Crippen molar-refractivity contribution in [3.63, 3.8) is 0 Å². The average Bonchev–Trinajstić information content (AvgIpc) is 2.93. The van der Waals surface area contributed by atoms with Crippen LogP contribution in [0.3, 0.4) is 0 Å². The number of piperazine rings is 1. The number of thiophene rings is 1. The maximum absolute atomic E-state index is 11.9. The molecule has 4 heteroatoms. The van der Waals surface area contributed by atoms with Crippen molar-refractivity contribution in [2.45, 2.75) is 32.7 Å². The van der Waals surface area contributed by atoms with Gasteiger partial charge in [0.05, 0.1) is 4.88 Å². The van der Waals surface area contributed by atoms with Gasteiger partial charge in [-0.05, 0) is 38.3 Å². The van der Waals surface area contributed by atoms with E-state index < -0.39 is 0 Å². The lowest BCUT2D eigenvalue weighted by molar-refractivity contribution is 0.0944. The first-order chi connectivity index (χ1) is 9.16. The van der Waals surface area contributed by atoms with Crippen LogP contribution in [0.15, 0.2) is 17.5 Å². The number of nitrogens with zero attached hydrogens (tertiary/aromatic N) is 2. The van der Waals surface area contributed by atoms with E-state index in [0.29, 0.717) is 18.2 Å². The molecule has 0 aromatic carbocycles. The van der Waals surface area contributed by atoms with Crippen molar-refractivity contribution in [3.8, 4) is 0 Å². The largest absolute Gasteiger partial charge is 0.301 e. The SMILES string of the molecule is CC(C)N1CCN(CCCC(=O)c2cccs2)CC1. The molecule has 0 aliphatic carbocycles. The second-order valence-electron chi connectivity index (χ2n) is 5.48. The van der Waals surface area contributed by atoms with Crippen molar-refractivity contribution < 1.29 is 4.79 Å². The predicted molar refractivity (Wildman–Crippen MR) is 81.0 cm³/mol. The van der Waals surface area contributed by atoms with Crippen LogP contribution in [-0.4, -0.2) is 54.3 Å². The van der Waals surface area contributed by atoms with Gasteiger partial charge in [0.15, 0.2) is 5.78 Å². The maximum Gasteiger partial charge on any atom is 0.172 e. The van der Waals surface area contributed by atoms with E-state index in [1.165, 1.54) is 0 Å². The van der Waals surface area contributed by atoms with Crippen LogP contribution < -0.4 is 0 Å². The maximum atomic E-state index is 11.9. The highest BCUT2D eigenvalue weighted by atomic mass is 32.1. The van der Waals surface area contributed by atoms with Crippen molar-refractivity contribution in [2.24, 2.45) is 0 Å². The van der Waals surface area contributed by atoms with E-state index in [-0.39, 0.29) is 0 Å². The van der Waals surface area contributed by atoms with Crippen molar-refractivity contribution in [3.05, 3.63) is 22.4 Å². The van der Waals surface area contributed by atoms with Crippen LogP contribution in [-0.2, 0) is 0 Å². The fraction of sp³-hybridized carbons (Fsp3) is 0.667. The third-order valence-corrected chi connectivity index (χ3v) is 4.72. The van der Waals surface area contributed by atoms with Gasteiger partial charge < -0.3 is 4.90 Å². The first-order valence-electron chi connectivity index (χ1n) is 7.20. The first kappa shape index (κ1) is 14.7. The summed E-state index contributed by atoms with van der Waals surface area (Å²) in [6.45, 7) is 10.2. The van der Waals surface area contributed by atoms with Crippen molar-refractivity contribution in [1.82, 2.24) is 9.80 Å². The fourth-order valence-corrected chi connectivity index (χ4v) is 3.22. The van der Waals surface area contributed by atoms with Crippen molar-refractivity contribution in [1.29, 1.82) is 0 Å². The van der Waals surface area contributed by atoms with Gasteiger partial charge in [-0.15, -0.1) is 11.3 Å². The quantitative estimate of drug-likeness (QED) is 0.749. The summed E-state index contributed by atoms with van der Waals surface area (Å²) in [6.07, 6.45) is 1.67. The second-order valence-corrected chi connectivity index (χ2v) is 6.42. The molecule has 0 saturated carbocycles. The summed E-state index contributed by atoms with van der Waals surface area (Å²) in [5.74, 6) is 0.302. The van der Waals surface area contributed by atoms with Crippen LogP contribution in [0.2, 0.25) is 0 Å². The molecule has 2 rings (SSSR count). The van der Waals surface area contributed by atoms with Gasteiger partial charge in [-0.1, -0.05) is 6.07 Å². The van der Waals surface area contributed by atoms with Crippen molar-refractivity contribution in [2.75, 3.05) is 32.7 Å². The summed E-state index contributed by atoms with van der Waals surface area (Å²) in [7, 11) is 0. The van der Waals surface area contributed by atoms with Gasteiger partial charge in [-0.2, -0.15) is 0 Å². The molecule has 1 fully saturated rings. The Balaban J connectivity index is 1.63. The number of hydrogen-bond acceptors (Lipinski definition) is 4. The number of rotatable bonds is 6. The molecule has 1 aromatic rings. The monoisotopic (exact) mass is 280 g/mol. The second kappa shape index (κ2) is 7.17. The van der Waals surface area contributed by atoms with Gasteiger partial charge in [0, 0.05) is 38.6 Å². The van der Waals surface area contributed by atoms with Gasteiger partial charge in [-0.25, -0.2) is 0 Å². The van der Waals surface area contributed by atoms with Crippen LogP contribution in [0.1, 0.15) is 36.4 Å². The molecule has 0 bridgehead atoms. The normalized spacial score (nSPS) is 18.1. The van der Waals surface area contributed by atoms with Crippen LogP contribution in [0.25, 0.3) is 0 Å². The average molecular weight is 280 g/mol.